The van der Waals surface area contributed by atoms with Gasteiger partial charge in [0, 0.05) is 26.1 Å². The molecule has 0 aromatic heterocycles. The number of halogens is 1. The molecule has 0 unspecified atom stereocenters. The van der Waals surface area contributed by atoms with Gasteiger partial charge in [0.25, 0.3) is 5.91 Å². The Kier molecular flexibility index (Phi) is 5.76. The topological polar surface area (TPSA) is 105 Å². The van der Waals surface area contributed by atoms with Gasteiger partial charge in [-0.2, -0.15) is 0 Å². The lowest BCUT2D eigenvalue weighted by Crippen LogP contribution is -2.44. The van der Waals surface area contributed by atoms with E-state index in [-0.39, 0.29) is 43.2 Å². The van der Waals surface area contributed by atoms with Crippen LogP contribution >= 0.6 is 12.4 Å². The van der Waals surface area contributed by atoms with Gasteiger partial charge < -0.3 is 16.4 Å². The van der Waals surface area contributed by atoms with E-state index in [1.807, 2.05) is 0 Å². The van der Waals surface area contributed by atoms with Crippen molar-refractivity contribution in [2.24, 2.45) is 5.73 Å². The number of urea groups is 1. The van der Waals surface area contributed by atoms with Crippen LogP contribution in [-0.4, -0.2) is 47.9 Å². The Bertz CT molecular complexity index is 396. The molecular formula is C12H21ClN4O3. The first-order valence-corrected chi connectivity index (χ1v) is 6.70. The van der Waals surface area contributed by atoms with Crippen LogP contribution in [0, 0.1) is 0 Å². The van der Waals surface area contributed by atoms with Crippen LogP contribution in [0.4, 0.5) is 4.79 Å². The van der Waals surface area contributed by atoms with Gasteiger partial charge in [0.15, 0.2) is 0 Å². The van der Waals surface area contributed by atoms with Crippen LogP contribution in [0.5, 0.6) is 0 Å². The number of hydrogen-bond donors (Lipinski definition) is 3. The summed E-state index contributed by atoms with van der Waals surface area (Å²) in [4.78, 5) is 36.7. The summed E-state index contributed by atoms with van der Waals surface area (Å²) in [5.74, 6) is -0.375. The van der Waals surface area contributed by atoms with Gasteiger partial charge in [0.05, 0.1) is 0 Å². The molecule has 1 aliphatic heterocycles. The Labute approximate surface area is 124 Å². The van der Waals surface area contributed by atoms with Crippen LogP contribution < -0.4 is 16.4 Å². The lowest BCUT2D eigenvalue weighted by atomic mass is 9.98. The number of imide groups is 1. The number of rotatable bonds is 5. The van der Waals surface area contributed by atoms with Crippen LogP contribution in [-0.2, 0) is 9.59 Å². The van der Waals surface area contributed by atoms with E-state index in [2.05, 4.69) is 10.6 Å². The van der Waals surface area contributed by atoms with Gasteiger partial charge >= 0.3 is 6.03 Å². The van der Waals surface area contributed by atoms with E-state index in [0.29, 0.717) is 25.9 Å². The average Bonchev–Trinajstić information content (AvgIpc) is 2.93. The molecule has 4 N–H and O–H groups in total. The minimum absolute atomic E-state index is 0. The average molecular weight is 305 g/mol. The highest BCUT2D eigenvalue weighted by atomic mass is 35.5. The zero-order valence-electron chi connectivity index (χ0n) is 11.3. The molecule has 20 heavy (non-hydrogen) atoms. The lowest BCUT2D eigenvalue weighted by molar-refractivity contribution is -0.131. The van der Waals surface area contributed by atoms with Crippen LogP contribution in [0.1, 0.15) is 32.1 Å². The molecule has 0 aromatic rings. The third kappa shape index (κ3) is 3.21. The van der Waals surface area contributed by atoms with Crippen LogP contribution in [0.25, 0.3) is 0 Å². The summed E-state index contributed by atoms with van der Waals surface area (Å²) in [7, 11) is 0. The molecule has 0 radical (unpaired) electrons. The zero-order chi connectivity index (χ0) is 13.9. The molecule has 2 fully saturated rings. The molecule has 2 aliphatic rings. The fourth-order valence-electron chi connectivity index (χ4n) is 2.71. The van der Waals surface area contributed by atoms with E-state index in [4.69, 9.17) is 5.73 Å². The van der Waals surface area contributed by atoms with Gasteiger partial charge in [-0.1, -0.05) is 12.8 Å². The summed E-state index contributed by atoms with van der Waals surface area (Å²) >= 11 is 0. The molecule has 7 nitrogen and oxygen atoms in total. The first kappa shape index (κ1) is 16.7. The summed E-state index contributed by atoms with van der Waals surface area (Å²) in [6, 6.07) is -0.376. The Morgan fingerprint density at radius 3 is 2.60 bits per heavy atom. The van der Waals surface area contributed by atoms with E-state index < -0.39 is 5.54 Å². The third-order valence-electron chi connectivity index (χ3n) is 3.73. The highest BCUT2D eigenvalue weighted by Gasteiger charge is 2.52. The minimum Gasteiger partial charge on any atom is -0.355 e. The highest BCUT2D eigenvalue weighted by Crippen LogP contribution is 2.34. The van der Waals surface area contributed by atoms with Gasteiger partial charge in [-0.15, -0.1) is 12.4 Å². The maximum atomic E-state index is 12.3. The second-order valence-electron chi connectivity index (χ2n) is 5.06. The molecule has 0 aromatic carbocycles. The summed E-state index contributed by atoms with van der Waals surface area (Å²) in [6.07, 6.45) is 3.43. The number of nitrogens with zero attached hydrogens (tertiary/aromatic N) is 1. The smallest absolute Gasteiger partial charge is 0.325 e. The second-order valence-corrected chi connectivity index (χ2v) is 5.06. The molecule has 114 valence electrons. The Hall–Kier alpha value is -1.34. The predicted octanol–water partition coefficient (Wildman–Crippen LogP) is -0.262. The quantitative estimate of drug-likeness (QED) is 0.608. The van der Waals surface area contributed by atoms with Crippen LogP contribution in [0.2, 0.25) is 0 Å². The predicted molar refractivity (Wildman–Crippen MR) is 75.4 cm³/mol. The van der Waals surface area contributed by atoms with E-state index >= 15 is 0 Å². The molecule has 1 saturated heterocycles. The number of carbonyl (C=O) groups is 3. The molecule has 4 amide bonds. The van der Waals surface area contributed by atoms with E-state index in [1.165, 1.54) is 0 Å². The third-order valence-corrected chi connectivity index (χ3v) is 3.73. The van der Waals surface area contributed by atoms with E-state index in [0.717, 1.165) is 17.7 Å². The Morgan fingerprint density at radius 1 is 1.35 bits per heavy atom. The van der Waals surface area contributed by atoms with Gasteiger partial charge in [-0.3, -0.25) is 14.5 Å². The van der Waals surface area contributed by atoms with Crippen LogP contribution in [0.3, 0.4) is 0 Å². The number of nitrogens with one attached hydrogen (secondary N) is 2. The fraction of sp³-hybridized carbons (Fsp3) is 0.750. The van der Waals surface area contributed by atoms with E-state index in [9.17, 15) is 14.4 Å². The maximum Gasteiger partial charge on any atom is 0.325 e. The van der Waals surface area contributed by atoms with E-state index in [1.54, 1.807) is 0 Å². The Morgan fingerprint density at radius 2 is 2.00 bits per heavy atom. The number of hydrogen-bond acceptors (Lipinski definition) is 4. The van der Waals surface area contributed by atoms with Crippen molar-refractivity contribution in [2.45, 2.75) is 37.6 Å². The summed E-state index contributed by atoms with van der Waals surface area (Å²) in [5.41, 5.74) is 4.58. The van der Waals surface area contributed by atoms with Crippen LogP contribution in [0.15, 0.2) is 0 Å². The monoisotopic (exact) mass is 304 g/mol. The molecule has 0 bridgehead atoms. The summed E-state index contributed by atoms with van der Waals surface area (Å²) < 4.78 is 0. The van der Waals surface area contributed by atoms with Gasteiger partial charge in [-0.05, 0) is 12.8 Å². The van der Waals surface area contributed by atoms with Crippen molar-refractivity contribution in [3.63, 3.8) is 0 Å². The molecule has 1 heterocycles. The highest BCUT2D eigenvalue weighted by molar-refractivity contribution is 6.07. The normalized spacial score (nSPS) is 19.9. The molecular weight excluding hydrogens is 284 g/mol. The second kappa shape index (κ2) is 6.90. The minimum atomic E-state index is -0.690. The number of amides is 4. The standard InChI is InChI=1S/C12H20N4O3.ClH/c13-6-7-14-9(17)3-8-16-10(18)12(15-11(16)19)4-1-2-5-12;/h1-8,13H2,(H,14,17)(H,15,19);1H. The van der Waals surface area contributed by atoms with Crippen molar-refractivity contribution in [1.29, 1.82) is 0 Å². The number of nitrogens with two attached hydrogens (primary N) is 1. The Balaban J connectivity index is 0.00000200. The molecule has 1 spiro atoms. The number of carbonyl (C=O) groups excluding carboxylic acids is 3. The fourth-order valence-corrected chi connectivity index (χ4v) is 2.71. The maximum absolute atomic E-state index is 12.3. The summed E-state index contributed by atoms with van der Waals surface area (Å²) in [6.45, 7) is 0.906. The van der Waals surface area contributed by atoms with Gasteiger partial charge in [-0.25, -0.2) is 4.79 Å². The molecule has 1 aliphatic carbocycles. The summed E-state index contributed by atoms with van der Waals surface area (Å²) in [5, 5.41) is 5.40. The van der Waals surface area contributed by atoms with Crippen molar-refractivity contribution < 1.29 is 14.4 Å². The largest absolute Gasteiger partial charge is 0.355 e. The zero-order valence-corrected chi connectivity index (χ0v) is 12.1. The first-order chi connectivity index (χ1) is 9.09. The van der Waals surface area contributed by atoms with Crippen molar-refractivity contribution >= 4 is 30.3 Å². The molecule has 2 rings (SSSR count). The van der Waals surface area contributed by atoms with Gasteiger partial charge in [0.1, 0.15) is 5.54 Å². The molecule has 1 saturated carbocycles. The van der Waals surface area contributed by atoms with Crippen molar-refractivity contribution in [1.82, 2.24) is 15.5 Å². The van der Waals surface area contributed by atoms with Gasteiger partial charge in [0.2, 0.25) is 5.91 Å². The van der Waals surface area contributed by atoms with Crippen molar-refractivity contribution in [3.05, 3.63) is 0 Å². The lowest BCUT2D eigenvalue weighted by Gasteiger charge is -2.19. The molecule has 8 heteroatoms. The van der Waals surface area contributed by atoms with Crippen molar-refractivity contribution in [2.75, 3.05) is 19.6 Å². The molecule has 0 atom stereocenters. The first-order valence-electron chi connectivity index (χ1n) is 6.70. The van der Waals surface area contributed by atoms with Crippen molar-refractivity contribution in [3.8, 4) is 0 Å². The SMILES string of the molecule is Cl.NCCNC(=O)CCN1C(=O)NC2(CCCC2)C1=O.